The molecule has 2 aromatic carbocycles. The van der Waals surface area contributed by atoms with Crippen molar-refractivity contribution >= 4 is 22.6 Å². The zero-order valence-electron chi connectivity index (χ0n) is 19.8. The molecule has 0 aliphatic carbocycles. The molecule has 180 valence electrons. The molecule has 3 N–H and O–H groups in total. The Labute approximate surface area is 208 Å². The molecule has 3 heterocycles. The molecular formula is C29H26FN5O. The number of pyridine rings is 2. The number of nitrogens with zero attached hydrogens (tertiary/aromatic N) is 2. The summed E-state index contributed by atoms with van der Waals surface area (Å²) in [7, 11) is 1.78. The van der Waals surface area contributed by atoms with E-state index in [1.54, 1.807) is 31.6 Å². The van der Waals surface area contributed by atoms with E-state index in [1.165, 1.54) is 12.1 Å². The number of carbonyl (C=O) groups excluding carboxylic acids is 1. The van der Waals surface area contributed by atoms with Crippen molar-refractivity contribution in [2.75, 3.05) is 18.9 Å². The third-order valence-corrected chi connectivity index (χ3v) is 6.19. The summed E-state index contributed by atoms with van der Waals surface area (Å²) < 4.78 is 13.4. The number of nitrogens with one attached hydrogen (secondary N) is 3. The average molecular weight is 480 g/mol. The number of hydrogen-bond donors (Lipinski definition) is 3. The number of fused-ring (bicyclic) bond motifs is 1. The van der Waals surface area contributed by atoms with Gasteiger partial charge in [-0.05, 0) is 60.1 Å². The van der Waals surface area contributed by atoms with Crippen molar-refractivity contribution in [1.82, 2.24) is 20.3 Å². The van der Waals surface area contributed by atoms with Crippen LogP contribution in [0.15, 0.2) is 91.3 Å². The van der Waals surface area contributed by atoms with Gasteiger partial charge in [0.25, 0.3) is 0 Å². The van der Waals surface area contributed by atoms with E-state index in [2.05, 4.69) is 20.6 Å². The van der Waals surface area contributed by atoms with Gasteiger partial charge >= 0.3 is 0 Å². The minimum atomic E-state index is -0.395. The minimum Gasteiger partial charge on any atom is -0.363 e. The molecule has 0 amide bonds. The number of Topliss-reactive ketones (excluding diaryl/α,β-unsaturated/α-hetero) is 1. The molecule has 0 unspecified atom stereocenters. The van der Waals surface area contributed by atoms with Gasteiger partial charge in [0.2, 0.25) is 0 Å². The number of benzene rings is 2. The third kappa shape index (κ3) is 5.01. The summed E-state index contributed by atoms with van der Waals surface area (Å²) >= 11 is 0. The molecule has 0 fully saturated rings. The number of halogens is 1. The Bertz CT molecular complexity index is 1470. The van der Waals surface area contributed by atoms with Crippen molar-refractivity contribution in [3.05, 3.63) is 114 Å². The maximum atomic E-state index is 13.4. The van der Waals surface area contributed by atoms with Crippen molar-refractivity contribution < 1.29 is 9.18 Å². The quantitative estimate of drug-likeness (QED) is 0.267. The first-order valence-corrected chi connectivity index (χ1v) is 11.8. The maximum absolute atomic E-state index is 13.4. The number of aromatic amines is 1. The lowest BCUT2D eigenvalue weighted by Crippen LogP contribution is -2.30. The van der Waals surface area contributed by atoms with Crippen LogP contribution in [0.3, 0.4) is 0 Å². The number of H-pyrrole nitrogens is 1. The van der Waals surface area contributed by atoms with E-state index in [-0.39, 0.29) is 18.1 Å². The molecule has 0 aliphatic rings. The SMILES string of the molecule is CN[C@@H](C(=O)CNc1ccc2c(-c3ccncc3)c(Cc3ccc(F)cc3)[nH]c2n1)c1ccccc1. The number of likely N-dealkylation sites (N-methyl/N-ethyl adjacent to an activating group) is 1. The third-order valence-electron chi connectivity index (χ3n) is 6.19. The summed E-state index contributed by atoms with van der Waals surface area (Å²) in [4.78, 5) is 25.2. The van der Waals surface area contributed by atoms with E-state index in [1.807, 2.05) is 54.6 Å². The Hall–Kier alpha value is -4.36. The summed E-state index contributed by atoms with van der Waals surface area (Å²) in [6.45, 7) is 0.138. The first-order chi connectivity index (χ1) is 17.6. The number of ketones is 1. The lowest BCUT2D eigenvalue weighted by Gasteiger charge is -2.16. The van der Waals surface area contributed by atoms with E-state index in [4.69, 9.17) is 4.98 Å². The normalized spacial score (nSPS) is 11.9. The van der Waals surface area contributed by atoms with Crippen molar-refractivity contribution in [3.63, 3.8) is 0 Å². The zero-order chi connectivity index (χ0) is 24.9. The molecule has 5 rings (SSSR count). The number of hydrogen-bond acceptors (Lipinski definition) is 5. The van der Waals surface area contributed by atoms with Gasteiger partial charge in [0.05, 0.1) is 12.6 Å². The molecule has 5 aromatic rings. The van der Waals surface area contributed by atoms with Crippen LogP contribution in [0.25, 0.3) is 22.2 Å². The Kier molecular flexibility index (Phi) is 6.82. The fourth-order valence-electron chi connectivity index (χ4n) is 4.45. The summed E-state index contributed by atoms with van der Waals surface area (Å²) in [5, 5.41) is 7.23. The number of anilines is 1. The second kappa shape index (κ2) is 10.5. The number of aromatic nitrogens is 3. The highest BCUT2D eigenvalue weighted by atomic mass is 19.1. The molecule has 7 heteroatoms. The summed E-state index contributed by atoms with van der Waals surface area (Å²) in [6.07, 6.45) is 4.11. The monoisotopic (exact) mass is 479 g/mol. The van der Waals surface area contributed by atoms with Gasteiger partial charge in [-0.15, -0.1) is 0 Å². The number of rotatable bonds is 9. The smallest absolute Gasteiger partial charge is 0.173 e. The Balaban J connectivity index is 1.42. The predicted molar refractivity (Wildman–Crippen MR) is 140 cm³/mol. The van der Waals surface area contributed by atoms with Gasteiger partial charge in [-0.25, -0.2) is 9.37 Å². The molecule has 0 saturated heterocycles. The molecule has 0 bridgehead atoms. The highest BCUT2D eigenvalue weighted by molar-refractivity contribution is 5.96. The van der Waals surface area contributed by atoms with Crippen molar-refractivity contribution in [3.8, 4) is 11.1 Å². The van der Waals surface area contributed by atoms with Crippen molar-refractivity contribution in [2.24, 2.45) is 0 Å². The predicted octanol–water partition coefficient (Wildman–Crippen LogP) is 5.30. The van der Waals surface area contributed by atoms with Crippen LogP contribution in [-0.4, -0.2) is 34.3 Å². The maximum Gasteiger partial charge on any atom is 0.173 e. The molecule has 0 spiro atoms. The first kappa shape index (κ1) is 23.4. The van der Waals surface area contributed by atoms with Crippen LogP contribution in [0.1, 0.15) is 22.9 Å². The first-order valence-electron chi connectivity index (χ1n) is 11.8. The van der Waals surface area contributed by atoms with Gasteiger partial charge in [0.15, 0.2) is 5.78 Å². The molecule has 3 aromatic heterocycles. The lowest BCUT2D eigenvalue weighted by atomic mass is 10.00. The van der Waals surface area contributed by atoms with E-state index in [0.717, 1.165) is 33.3 Å². The second-order valence-electron chi connectivity index (χ2n) is 8.56. The lowest BCUT2D eigenvalue weighted by molar-refractivity contribution is -0.119. The molecule has 0 aliphatic heterocycles. The highest BCUT2D eigenvalue weighted by Gasteiger charge is 2.19. The zero-order valence-corrected chi connectivity index (χ0v) is 19.8. The second-order valence-corrected chi connectivity index (χ2v) is 8.56. The van der Waals surface area contributed by atoms with Gasteiger partial charge in [0, 0.05) is 35.5 Å². The van der Waals surface area contributed by atoms with E-state index >= 15 is 0 Å². The molecule has 36 heavy (non-hydrogen) atoms. The van der Waals surface area contributed by atoms with E-state index in [9.17, 15) is 9.18 Å². The Morgan fingerprint density at radius 1 is 0.972 bits per heavy atom. The summed E-state index contributed by atoms with van der Waals surface area (Å²) in [6, 6.07) is 23.6. The van der Waals surface area contributed by atoms with Crippen LogP contribution in [0.5, 0.6) is 0 Å². The van der Waals surface area contributed by atoms with Crippen molar-refractivity contribution in [2.45, 2.75) is 12.5 Å². The average Bonchev–Trinajstić information content (AvgIpc) is 3.27. The van der Waals surface area contributed by atoms with Crippen molar-refractivity contribution in [1.29, 1.82) is 0 Å². The van der Waals surface area contributed by atoms with Crippen LogP contribution in [0.2, 0.25) is 0 Å². The summed E-state index contributed by atoms with van der Waals surface area (Å²) in [5.74, 6) is 0.366. The van der Waals surface area contributed by atoms with Crippen LogP contribution in [0.4, 0.5) is 10.2 Å². The Morgan fingerprint density at radius 2 is 1.72 bits per heavy atom. The van der Waals surface area contributed by atoms with E-state index < -0.39 is 6.04 Å². The topological polar surface area (TPSA) is 82.7 Å². The van der Waals surface area contributed by atoms with Gasteiger partial charge in [-0.1, -0.05) is 42.5 Å². The standard InChI is InChI=1S/C29H26FN5O/c1-31-28(21-5-3-2-4-6-21)25(36)18-33-26-12-11-23-27(20-13-15-32-16-14-20)24(34-29(23)35-26)17-19-7-9-22(30)10-8-19/h2-16,28,31H,17-18H2,1H3,(H2,33,34,35)/t28-/m1/s1. The van der Waals surface area contributed by atoms with Gasteiger partial charge in [-0.2, -0.15) is 0 Å². The fourth-order valence-corrected chi connectivity index (χ4v) is 4.45. The minimum absolute atomic E-state index is 0.0200. The largest absolute Gasteiger partial charge is 0.363 e. The molecule has 1 atom stereocenters. The molecule has 6 nitrogen and oxygen atoms in total. The van der Waals surface area contributed by atoms with Crippen LogP contribution >= 0.6 is 0 Å². The van der Waals surface area contributed by atoms with E-state index in [0.29, 0.717) is 17.9 Å². The molecular weight excluding hydrogens is 453 g/mol. The fraction of sp³-hybridized carbons (Fsp3) is 0.138. The summed E-state index contributed by atoms with van der Waals surface area (Å²) in [5.41, 5.74) is 5.65. The van der Waals surface area contributed by atoms with Crippen LogP contribution in [0, 0.1) is 5.82 Å². The van der Waals surface area contributed by atoms with Gasteiger partial charge < -0.3 is 15.6 Å². The Morgan fingerprint density at radius 3 is 2.44 bits per heavy atom. The van der Waals surface area contributed by atoms with Crippen LogP contribution in [-0.2, 0) is 11.2 Å². The molecule has 0 radical (unpaired) electrons. The van der Waals surface area contributed by atoms with Gasteiger partial charge in [-0.3, -0.25) is 9.78 Å². The van der Waals surface area contributed by atoms with Crippen LogP contribution < -0.4 is 10.6 Å². The number of carbonyl (C=O) groups is 1. The highest BCUT2D eigenvalue weighted by Crippen LogP contribution is 2.33. The molecule has 0 saturated carbocycles. The van der Waals surface area contributed by atoms with Gasteiger partial charge in [0.1, 0.15) is 17.3 Å².